The molecule has 2 aromatic rings. The van der Waals surface area contributed by atoms with E-state index in [9.17, 15) is 4.79 Å². The van der Waals surface area contributed by atoms with Gasteiger partial charge in [-0.15, -0.1) is 0 Å². The minimum absolute atomic E-state index is 0.0142. The molecule has 2 heterocycles. The van der Waals surface area contributed by atoms with Crippen LogP contribution in [0.25, 0.3) is 0 Å². The molecule has 1 aliphatic heterocycles. The van der Waals surface area contributed by atoms with Crippen LogP contribution < -0.4 is 10.2 Å². The smallest absolute Gasteiger partial charge is 0.276 e. The molecule has 1 aromatic carbocycles. The maximum atomic E-state index is 12.8. The summed E-state index contributed by atoms with van der Waals surface area (Å²) in [6.45, 7) is 3.90. The summed E-state index contributed by atoms with van der Waals surface area (Å²) in [5, 5.41) is 3.35. The van der Waals surface area contributed by atoms with Crippen molar-refractivity contribution >= 4 is 17.3 Å². The lowest BCUT2D eigenvalue weighted by atomic mass is 10.0. The molecule has 1 amide bonds. The third kappa shape index (κ3) is 3.75. The molecular weight excluding hydrogens is 298 g/mol. The van der Waals surface area contributed by atoms with Crippen molar-refractivity contribution in [3.8, 4) is 0 Å². The van der Waals surface area contributed by atoms with E-state index in [1.165, 1.54) is 18.4 Å². The molecule has 4 nitrogen and oxygen atoms in total. The highest BCUT2D eigenvalue weighted by Crippen LogP contribution is 2.27. The lowest BCUT2D eigenvalue weighted by Gasteiger charge is -2.29. The van der Waals surface area contributed by atoms with Gasteiger partial charge in [0.25, 0.3) is 5.91 Å². The van der Waals surface area contributed by atoms with Gasteiger partial charge in [0, 0.05) is 18.8 Å². The van der Waals surface area contributed by atoms with E-state index in [-0.39, 0.29) is 5.91 Å². The summed E-state index contributed by atoms with van der Waals surface area (Å²) in [6, 6.07) is 11.9. The molecule has 0 atom stereocenters. The number of carbonyl (C=O) groups is 1. The Morgan fingerprint density at radius 1 is 1.21 bits per heavy atom. The van der Waals surface area contributed by atoms with Crippen LogP contribution in [0.5, 0.6) is 0 Å². The molecule has 0 saturated heterocycles. The molecule has 0 fully saturated rings. The van der Waals surface area contributed by atoms with Crippen LogP contribution in [0, 0.1) is 0 Å². The molecule has 0 saturated carbocycles. The first-order valence-corrected chi connectivity index (χ1v) is 8.89. The molecule has 0 spiro atoms. The van der Waals surface area contributed by atoms with E-state index in [0.717, 1.165) is 43.7 Å². The van der Waals surface area contributed by atoms with Crippen molar-refractivity contribution in [1.29, 1.82) is 0 Å². The molecule has 0 aliphatic carbocycles. The van der Waals surface area contributed by atoms with Crippen LogP contribution in [0.3, 0.4) is 0 Å². The Morgan fingerprint density at radius 2 is 2.08 bits per heavy atom. The zero-order valence-corrected chi connectivity index (χ0v) is 14.3. The Labute approximate surface area is 143 Å². The number of pyridine rings is 1. The zero-order chi connectivity index (χ0) is 16.8. The van der Waals surface area contributed by atoms with E-state index in [2.05, 4.69) is 23.3 Å². The van der Waals surface area contributed by atoms with E-state index in [1.54, 1.807) is 6.20 Å². The van der Waals surface area contributed by atoms with Gasteiger partial charge in [0.15, 0.2) is 0 Å². The number of nitrogens with one attached hydrogen (secondary N) is 1. The quantitative estimate of drug-likeness (QED) is 0.807. The number of rotatable bonds is 6. The number of unbranched alkanes of at least 4 members (excludes halogenated alkanes) is 2. The lowest BCUT2D eigenvalue weighted by Crippen LogP contribution is -2.35. The average molecular weight is 323 g/mol. The summed E-state index contributed by atoms with van der Waals surface area (Å²) in [5.41, 5.74) is 3.75. The number of anilines is 2. The van der Waals surface area contributed by atoms with Gasteiger partial charge >= 0.3 is 0 Å². The molecule has 126 valence electrons. The largest absolute Gasteiger partial charge is 0.384 e. The van der Waals surface area contributed by atoms with Gasteiger partial charge in [0.05, 0.1) is 11.9 Å². The minimum atomic E-state index is -0.0142. The number of nitrogens with zero attached hydrogens (tertiary/aromatic N) is 2. The topological polar surface area (TPSA) is 45.2 Å². The number of hydrogen-bond donors (Lipinski definition) is 1. The van der Waals surface area contributed by atoms with Gasteiger partial charge in [0.1, 0.15) is 5.69 Å². The number of aryl methyl sites for hydroxylation is 1. The summed E-state index contributed by atoms with van der Waals surface area (Å²) in [7, 11) is 0. The van der Waals surface area contributed by atoms with Gasteiger partial charge in [-0.1, -0.05) is 38.0 Å². The number of hydrogen-bond acceptors (Lipinski definition) is 3. The van der Waals surface area contributed by atoms with Crippen LogP contribution in [0.4, 0.5) is 11.4 Å². The highest BCUT2D eigenvalue weighted by atomic mass is 16.2. The normalized spacial score (nSPS) is 13.5. The highest BCUT2D eigenvalue weighted by molar-refractivity contribution is 6.05. The molecule has 0 bridgehead atoms. The Bertz CT molecular complexity index is 682. The SMILES string of the molecule is CCCCCNc1ccc(C(=O)N2CCCc3ccccc32)nc1. The average Bonchev–Trinajstić information content (AvgIpc) is 2.65. The van der Waals surface area contributed by atoms with Gasteiger partial charge in [0.2, 0.25) is 0 Å². The summed E-state index contributed by atoms with van der Waals surface area (Å²) in [6.07, 6.45) is 7.39. The van der Waals surface area contributed by atoms with E-state index < -0.39 is 0 Å². The highest BCUT2D eigenvalue weighted by Gasteiger charge is 2.23. The second-order valence-corrected chi connectivity index (χ2v) is 6.26. The van der Waals surface area contributed by atoms with E-state index in [1.807, 2.05) is 35.2 Å². The van der Waals surface area contributed by atoms with Crippen molar-refractivity contribution < 1.29 is 4.79 Å². The van der Waals surface area contributed by atoms with Gasteiger partial charge in [-0.2, -0.15) is 0 Å². The summed E-state index contributed by atoms with van der Waals surface area (Å²) < 4.78 is 0. The Hall–Kier alpha value is -2.36. The molecule has 0 unspecified atom stereocenters. The predicted molar refractivity (Wildman–Crippen MR) is 98.7 cm³/mol. The van der Waals surface area contributed by atoms with Crippen LogP contribution >= 0.6 is 0 Å². The van der Waals surface area contributed by atoms with Crippen LogP contribution in [-0.4, -0.2) is 24.0 Å². The number of aromatic nitrogens is 1. The van der Waals surface area contributed by atoms with Crippen LogP contribution in [0.2, 0.25) is 0 Å². The van der Waals surface area contributed by atoms with E-state index in [4.69, 9.17) is 0 Å². The fraction of sp³-hybridized carbons (Fsp3) is 0.400. The number of benzene rings is 1. The van der Waals surface area contributed by atoms with Gasteiger partial charge in [-0.25, -0.2) is 4.98 Å². The van der Waals surface area contributed by atoms with Crippen LogP contribution in [-0.2, 0) is 6.42 Å². The summed E-state index contributed by atoms with van der Waals surface area (Å²) >= 11 is 0. The Kier molecular flexibility index (Phi) is 5.47. The predicted octanol–water partition coefficient (Wildman–Crippen LogP) is 4.28. The second kappa shape index (κ2) is 7.95. The monoisotopic (exact) mass is 323 g/mol. The van der Waals surface area contributed by atoms with Crippen molar-refractivity contribution in [3.05, 3.63) is 53.9 Å². The number of amides is 1. The Balaban J connectivity index is 1.68. The van der Waals surface area contributed by atoms with E-state index >= 15 is 0 Å². The van der Waals surface area contributed by atoms with Crippen molar-refractivity contribution in [2.24, 2.45) is 0 Å². The standard InChI is InChI=1S/C20H25N3O/c1-2-3-6-13-21-17-11-12-18(22-15-17)20(24)23-14-7-9-16-8-4-5-10-19(16)23/h4-5,8,10-12,15,21H,2-3,6-7,9,13-14H2,1H3. The fourth-order valence-electron chi connectivity index (χ4n) is 3.12. The molecule has 1 aromatic heterocycles. The molecule has 1 aliphatic rings. The zero-order valence-electron chi connectivity index (χ0n) is 14.3. The minimum Gasteiger partial charge on any atom is -0.384 e. The summed E-state index contributed by atoms with van der Waals surface area (Å²) in [4.78, 5) is 19.0. The second-order valence-electron chi connectivity index (χ2n) is 6.26. The van der Waals surface area contributed by atoms with Crippen LogP contribution in [0.15, 0.2) is 42.6 Å². The third-order valence-corrected chi connectivity index (χ3v) is 4.45. The number of fused-ring (bicyclic) bond motifs is 1. The number of para-hydroxylation sites is 1. The Morgan fingerprint density at radius 3 is 2.88 bits per heavy atom. The maximum Gasteiger partial charge on any atom is 0.276 e. The van der Waals surface area contributed by atoms with Gasteiger partial charge in [-0.05, 0) is 43.0 Å². The van der Waals surface area contributed by atoms with Crippen molar-refractivity contribution in [2.75, 3.05) is 23.3 Å². The molecule has 0 radical (unpaired) electrons. The molecule has 1 N–H and O–H groups in total. The van der Waals surface area contributed by atoms with Crippen molar-refractivity contribution in [3.63, 3.8) is 0 Å². The first-order valence-electron chi connectivity index (χ1n) is 8.89. The molecular formula is C20H25N3O. The fourth-order valence-corrected chi connectivity index (χ4v) is 3.12. The first-order chi connectivity index (χ1) is 11.8. The lowest BCUT2D eigenvalue weighted by molar-refractivity contribution is 0.0980. The van der Waals surface area contributed by atoms with Crippen molar-refractivity contribution in [2.45, 2.75) is 39.0 Å². The van der Waals surface area contributed by atoms with Crippen LogP contribution in [0.1, 0.15) is 48.7 Å². The molecule has 24 heavy (non-hydrogen) atoms. The van der Waals surface area contributed by atoms with Crippen molar-refractivity contribution in [1.82, 2.24) is 4.98 Å². The maximum absolute atomic E-state index is 12.8. The molecule has 3 rings (SSSR count). The van der Waals surface area contributed by atoms with E-state index in [0.29, 0.717) is 5.69 Å². The third-order valence-electron chi connectivity index (χ3n) is 4.45. The summed E-state index contributed by atoms with van der Waals surface area (Å²) in [5.74, 6) is -0.0142. The molecule has 4 heteroatoms. The van der Waals surface area contributed by atoms with Gasteiger partial charge < -0.3 is 10.2 Å². The van der Waals surface area contributed by atoms with Gasteiger partial charge in [-0.3, -0.25) is 4.79 Å². The first kappa shape index (κ1) is 16.5. The number of carbonyl (C=O) groups excluding carboxylic acids is 1.